The zero-order valence-corrected chi connectivity index (χ0v) is 20.9. The van der Waals surface area contributed by atoms with E-state index in [1.807, 2.05) is 6.92 Å². The lowest BCUT2D eigenvalue weighted by molar-refractivity contribution is -0.114. The molecule has 0 bridgehead atoms. The van der Waals surface area contributed by atoms with Crippen molar-refractivity contribution in [2.45, 2.75) is 24.7 Å². The summed E-state index contributed by atoms with van der Waals surface area (Å²) in [5.74, 6) is -0.120. The summed E-state index contributed by atoms with van der Waals surface area (Å²) >= 11 is 0. The zero-order valence-electron chi connectivity index (χ0n) is 20.1. The molecule has 0 radical (unpaired) electrons. The minimum atomic E-state index is -4.05. The zero-order chi connectivity index (χ0) is 25.5. The van der Waals surface area contributed by atoms with Gasteiger partial charge in [-0.2, -0.15) is 0 Å². The van der Waals surface area contributed by atoms with Crippen molar-refractivity contribution in [1.29, 1.82) is 0 Å². The summed E-state index contributed by atoms with van der Waals surface area (Å²) in [6.07, 6.45) is 1.91. The van der Waals surface area contributed by atoms with Gasteiger partial charge in [-0.3, -0.25) is 13.9 Å². The number of carbonyl (C=O) groups excluding carboxylic acids is 2. The van der Waals surface area contributed by atoms with E-state index in [1.165, 1.54) is 12.1 Å². The Kier molecular flexibility index (Phi) is 7.90. The van der Waals surface area contributed by atoms with E-state index < -0.39 is 22.5 Å². The van der Waals surface area contributed by atoms with Crippen molar-refractivity contribution in [3.8, 4) is 5.75 Å². The molecule has 1 heterocycles. The summed E-state index contributed by atoms with van der Waals surface area (Å²) in [6.45, 7) is 3.22. The van der Waals surface area contributed by atoms with Crippen molar-refractivity contribution >= 4 is 33.2 Å². The molecular weight excluding hydrogens is 478 g/mol. The van der Waals surface area contributed by atoms with E-state index in [0.717, 1.165) is 17.1 Å². The number of hydrogen-bond acceptors (Lipinski definition) is 5. The minimum absolute atomic E-state index is 0.0660. The number of nitrogens with one attached hydrogen (secondary N) is 1. The first kappa shape index (κ1) is 25.2. The van der Waals surface area contributed by atoms with Crippen molar-refractivity contribution < 1.29 is 22.7 Å². The van der Waals surface area contributed by atoms with Gasteiger partial charge in [-0.25, -0.2) is 8.42 Å². The molecule has 9 heteroatoms. The predicted octanol–water partition coefficient (Wildman–Crippen LogP) is 4.16. The molecule has 0 saturated carbocycles. The molecule has 188 valence electrons. The van der Waals surface area contributed by atoms with E-state index in [4.69, 9.17) is 4.74 Å². The molecule has 3 aromatic carbocycles. The molecule has 1 N–H and O–H groups in total. The quantitative estimate of drug-likeness (QED) is 0.469. The van der Waals surface area contributed by atoms with E-state index >= 15 is 0 Å². The Bertz CT molecular complexity index is 1300. The highest BCUT2D eigenvalue weighted by Crippen LogP contribution is 2.26. The van der Waals surface area contributed by atoms with Crippen LogP contribution in [0.25, 0.3) is 0 Å². The first-order valence-corrected chi connectivity index (χ1v) is 13.3. The van der Waals surface area contributed by atoms with Crippen molar-refractivity contribution in [3.05, 3.63) is 84.4 Å². The number of hydrogen-bond donors (Lipinski definition) is 1. The number of nitrogens with zero attached hydrogens (tertiary/aromatic N) is 2. The molecule has 0 atom stereocenters. The predicted molar refractivity (Wildman–Crippen MR) is 139 cm³/mol. The summed E-state index contributed by atoms with van der Waals surface area (Å²) < 4.78 is 33.6. The van der Waals surface area contributed by atoms with Crippen LogP contribution in [0.15, 0.2) is 83.8 Å². The third kappa shape index (κ3) is 5.68. The van der Waals surface area contributed by atoms with Gasteiger partial charge in [0, 0.05) is 13.1 Å². The van der Waals surface area contributed by atoms with Crippen molar-refractivity contribution in [2.75, 3.05) is 35.9 Å². The average molecular weight is 508 g/mol. The van der Waals surface area contributed by atoms with Crippen LogP contribution < -0.4 is 14.4 Å². The number of benzene rings is 3. The fourth-order valence-electron chi connectivity index (χ4n) is 4.10. The normalized spacial score (nSPS) is 13.3. The number of sulfonamides is 1. The van der Waals surface area contributed by atoms with Crippen LogP contribution >= 0.6 is 0 Å². The Labute approximate surface area is 211 Å². The molecule has 1 aliphatic rings. The molecule has 8 nitrogen and oxygen atoms in total. The van der Waals surface area contributed by atoms with Crippen LogP contribution in [-0.2, 0) is 14.8 Å². The lowest BCUT2D eigenvalue weighted by Crippen LogP contribution is -2.38. The van der Waals surface area contributed by atoms with Crippen LogP contribution in [0.1, 0.15) is 30.1 Å². The second-order valence-corrected chi connectivity index (χ2v) is 10.2. The molecule has 4 rings (SSSR count). The smallest absolute Gasteiger partial charge is 0.264 e. The highest BCUT2D eigenvalue weighted by molar-refractivity contribution is 7.92. The van der Waals surface area contributed by atoms with Gasteiger partial charge in [-0.1, -0.05) is 30.3 Å². The van der Waals surface area contributed by atoms with Gasteiger partial charge in [-0.15, -0.1) is 0 Å². The van der Waals surface area contributed by atoms with Crippen LogP contribution in [0.5, 0.6) is 5.75 Å². The van der Waals surface area contributed by atoms with Crippen LogP contribution in [0, 0.1) is 0 Å². The van der Waals surface area contributed by atoms with E-state index in [1.54, 1.807) is 71.6 Å². The van der Waals surface area contributed by atoms with Crippen LogP contribution in [0.3, 0.4) is 0 Å². The number of ether oxygens (including phenoxy) is 1. The topological polar surface area (TPSA) is 96.0 Å². The molecular formula is C27H29N3O5S. The third-order valence-electron chi connectivity index (χ3n) is 5.88. The van der Waals surface area contributed by atoms with Crippen molar-refractivity contribution in [2.24, 2.45) is 0 Å². The number of carbonyl (C=O) groups is 2. The second kappa shape index (κ2) is 11.3. The SMILES string of the molecule is CCOc1ccc(N(CC(=O)Nc2ccccc2C(=O)N2CCCC2)S(=O)(=O)c2ccccc2)cc1. The van der Waals surface area contributed by atoms with E-state index in [9.17, 15) is 18.0 Å². The summed E-state index contributed by atoms with van der Waals surface area (Å²) in [5, 5.41) is 2.75. The fraction of sp³-hybridized carbons (Fsp3) is 0.259. The summed E-state index contributed by atoms with van der Waals surface area (Å²) in [6, 6.07) is 21.3. The Hall–Kier alpha value is -3.85. The summed E-state index contributed by atoms with van der Waals surface area (Å²) in [7, 11) is -4.05. The van der Waals surface area contributed by atoms with Gasteiger partial charge in [0.1, 0.15) is 12.3 Å². The highest BCUT2D eigenvalue weighted by Gasteiger charge is 2.28. The second-order valence-electron chi connectivity index (χ2n) is 8.34. The van der Waals surface area contributed by atoms with Crippen LogP contribution in [-0.4, -0.2) is 51.4 Å². The largest absolute Gasteiger partial charge is 0.494 e. The number of likely N-dealkylation sites (tertiary alicyclic amines) is 1. The first-order valence-electron chi connectivity index (χ1n) is 11.9. The molecule has 3 aromatic rings. The van der Waals surface area contributed by atoms with Crippen molar-refractivity contribution in [3.63, 3.8) is 0 Å². The van der Waals surface area contributed by atoms with Gasteiger partial charge in [0.2, 0.25) is 5.91 Å². The summed E-state index contributed by atoms with van der Waals surface area (Å²) in [4.78, 5) is 28.0. The number of para-hydroxylation sites is 1. The number of rotatable bonds is 9. The van der Waals surface area contributed by atoms with E-state index in [2.05, 4.69) is 5.32 Å². The average Bonchev–Trinajstić information content (AvgIpc) is 3.44. The molecule has 1 aliphatic heterocycles. The molecule has 0 spiro atoms. The fourth-order valence-corrected chi connectivity index (χ4v) is 5.54. The molecule has 1 fully saturated rings. The Morgan fingerprint density at radius 2 is 1.56 bits per heavy atom. The highest BCUT2D eigenvalue weighted by atomic mass is 32.2. The van der Waals surface area contributed by atoms with Gasteiger partial charge >= 0.3 is 0 Å². The molecule has 1 saturated heterocycles. The van der Waals surface area contributed by atoms with Gasteiger partial charge in [0.05, 0.1) is 28.4 Å². The Morgan fingerprint density at radius 3 is 2.22 bits per heavy atom. The molecule has 0 aliphatic carbocycles. The number of amides is 2. The van der Waals surface area contributed by atoms with Crippen LogP contribution in [0.4, 0.5) is 11.4 Å². The Balaban J connectivity index is 1.61. The monoisotopic (exact) mass is 507 g/mol. The van der Waals surface area contributed by atoms with Gasteiger partial charge in [0.25, 0.3) is 15.9 Å². The van der Waals surface area contributed by atoms with Crippen molar-refractivity contribution in [1.82, 2.24) is 4.90 Å². The van der Waals surface area contributed by atoms with Crippen LogP contribution in [0.2, 0.25) is 0 Å². The van der Waals surface area contributed by atoms with E-state index in [-0.39, 0.29) is 10.8 Å². The molecule has 0 unspecified atom stereocenters. The molecule has 2 amide bonds. The first-order chi connectivity index (χ1) is 17.4. The maximum atomic E-state index is 13.5. The molecule has 36 heavy (non-hydrogen) atoms. The number of anilines is 2. The Morgan fingerprint density at radius 1 is 0.917 bits per heavy atom. The maximum Gasteiger partial charge on any atom is 0.264 e. The lowest BCUT2D eigenvalue weighted by Gasteiger charge is -2.25. The van der Waals surface area contributed by atoms with Gasteiger partial charge in [-0.05, 0) is 68.3 Å². The minimum Gasteiger partial charge on any atom is -0.494 e. The lowest BCUT2D eigenvalue weighted by atomic mass is 10.1. The standard InChI is InChI=1S/C27H29N3O5S/c1-2-35-22-16-14-21(15-17-22)30(36(33,34)23-10-4-3-5-11-23)20-26(31)28-25-13-7-6-12-24(25)27(32)29-18-8-9-19-29/h3-7,10-17H,2,8-9,18-20H2,1H3,(H,28,31). The van der Waals surface area contributed by atoms with E-state index in [0.29, 0.717) is 42.4 Å². The third-order valence-corrected chi connectivity index (χ3v) is 7.67. The van der Waals surface area contributed by atoms with Gasteiger partial charge < -0.3 is 15.0 Å². The summed E-state index contributed by atoms with van der Waals surface area (Å²) in [5.41, 5.74) is 1.05. The maximum absolute atomic E-state index is 13.5. The van der Waals surface area contributed by atoms with Gasteiger partial charge in [0.15, 0.2) is 0 Å². The molecule has 0 aromatic heterocycles.